The van der Waals surface area contributed by atoms with Gasteiger partial charge in [-0.2, -0.15) is 4.98 Å². The van der Waals surface area contributed by atoms with Crippen molar-refractivity contribution in [2.75, 3.05) is 6.54 Å². The molecule has 14 nitrogen and oxygen atoms in total. The highest BCUT2D eigenvalue weighted by atomic mass is 16.5. The summed E-state index contributed by atoms with van der Waals surface area (Å²) in [5.74, 6) is -0.372. The monoisotopic (exact) mass is 616 g/mol. The van der Waals surface area contributed by atoms with Gasteiger partial charge in [-0.1, -0.05) is 35.5 Å². The maximum atomic E-state index is 14.0. The highest BCUT2D eigenvalue weighted by Gasteiger charge is 2.30. The molecule has 0 fully saturated rings. The summed E-state index contributed by atoms with van der Waals surface area (Å²) in [5, 5.41) is 29.9. The van der Waals surface area contributed by atoms with Crippen LogP contribution >= 0.6 is 0 Å². The van der Waals surface area contributed by atoms with E-state index in [1.807, 2.05) is 44.2 Å². The normalized spacial score (nSPS) is 13.0. The summed E-state index contributed by atoms with van der Waals surface area (Å²) in [4.78, 5) is 38.9. The van der Waals surface area contributed by atoms with Crippen molar-refractivity contribution in [3.8, 4) is 5.75 Å². The first-order chi connectivity index (χ1) is 21.6. The van der Waals surface area contributed by atoms with Crippen molar-refractivity contribution in [2.24, 2.45) is 11.5 Å². The molecular formula is C31H40N10O4. The SMILES string of the molecule is Cc1cc(O)cc(C)c1CC(NC(=O)C(N)CCCNC(=N)N)C(=O)N[C@@H](Cc1c[nH]cn1)c1nc(Cc2ccccc2)no1. The van der Waals surface area contributed by atoms with E-state index in [1.54, 1.807) is 18.3 Å². The van der Waals surface area contributed by atoms with E-state index in [4.69, 9.17) is 21.4 Å². The Labute approximate surface area is 260 Å². The zero-order chi connectivity index (χ0) is 32.3. The fourth-order valence-electron chi connectivity index (χ4n) is 5.00. The van der Waals surface area contributed by atoms with Crippen molar-refractivity contribution in [2.45, 2.75) is 64.1 Å². The molecule has 0 spiro atoms. The van der Waals surface area contributed by atoms with Gasteiger partial charge in [-0.15, -0.1) is 0 Å². The van der Waals surface area contributed by atoms with Crippen molar-refractivity contribution < 1.29 is 19.2 Å². The third-order valence-electron chi connectivity index (χ3n) is 7.34. The van der Waals surface area contributed by atoms with Crippen LogP contribution in [-0.4, -0.2) is 61.6 Å². The van der Waals surface area contributed by atoms with Crippen LogP contribution in [0, 0.1) is 19.3 Å². The van der Waals surface area contributed by atoms with E-state index >= 15 is 0 Å². The van der Waals surface area contributed by atoms with Crippen molar-refractivity contribution in [3.63, 3.8) is 0 Å². The molecule has 2 unspecified atom stereocenters. The van der Waals surface area contributed by atoms with Gasteiger partial charge in [-0.05, 0) is 61.1 Å². The number of nitrogens with one attached hydrogen (secondary N) is 5. The predicted octanol–water partition coefficient (Wildman–Crippen LogP) is 1.42. The lowest BCUT2D eigenvalue weighted by atomic mass is 9.95. The maximum absolute atomic E-state index is 14.0. The average molecular weight is 617 g/mol. The highest BCUT2D eigenvalue weighted by Crippen LogP contribution is 2.23. The molecule has 0 saturated heterocycles. The minimum absolute atomic E-state index is 0.113. The predicted molar refractivity (Wildman–Crippen MR) is 167 cm³/mol. The molecule has 2 heterocycles. The van der Waals surface area contributed by atoms with Crippen LogP contribution in [0.3, 0.4) is 0 Å². The summed E-state index contributed by atoms with van der Waals surface area (Å²) >= 11 is 0. The van der Waals surface area contributed by atoms with E-state index in [0.717, 1.165) is 22.3 Å². The number of phenols is 1. The van der Waals surface area contributed by atoms with E-state index in [9.17, 15) is 14.7 Å². The Morgan fingerprint density at radius 2 is 1.82 bits per heavy atom. The van der Waals surface area contributed by atoms with Crippen molar-refractivity contribution >= 4 is 17.8 Å². The van der Waals surface area contributed by atoms with Gasteiger partial charge >= 0.3 is 0 Å². The maximum Gasteiger partial charge on any atom is 0.249 e. The molecule has 238 valence electrons. The molecule has 0 saturated carbocycles. The topological polar surface area (TPSA) is 234 Å². The summed E-state index contributed by atoms with van der Waals surface area (Å²) in [7, 11) is 0. The third kappa shape index (κ3) is 9.63. The zero-order valence-corrected chi connectivity index (χ0v) is 25.3. The number of nitrogens with two attached hydrogens (primary N) is 2. The minimum atomic E-state index is -1.02. The number of phenolic OH excluding ortho intramolecular Hbond substituents is 1. The van der Waals surface area contributed by atoms with Gasteiger partial charge in [0.05, 0.1) is 18.1 Å². The number of benzene rings is 2. The second-order valence-electron chi connectivity index (χ2n) is 10.9. The Hall–Kier alpha value is -5.24. The Kier molecular flexibility index (Phi) is 11.2. The van der Waals surface area contributed by atoms with E-state index in [0.29, 0.717) is 37.3 Å². The zero-order valence-electron chi connectivity index (χ0n) is 25.3. The number of H-pyrrole nitrogens is 1. The Bertz CT molecular complexity index is 1550. The quantitative estimate of drug-likeness (QED) is 0.0543. The molecule has 2 aromatic carbocycles. The number of aromatic hydroxyl groups is 1. The number of aryl methyl sites for hydroxylation is 2. The lowest BCUT2D eigenvalue weighted by molar-refractivity contribution is -0.130. The molecule has 45 heavy (non-hydrogen) atoms. The number of hydrogen-bond donors (Lipinski definition) is 8. The van der Waals surface area contributed by atoms with Crippen LogP contribution in [0.15, 0.2) is 59.5 Å². The number of carbonyl (C=O) groups excluding carboxylic acids is 2. The third-order valence-corrected chi connectivity index (χ3v) is 7.34. The number of guanidine groups is 1. The average Bonchev–Trinajstić information content (AvgIpc) is 3.69. The first kappa shape index (κ1) is 32.7. The molecule has 0 radical (unpaired) electrons. The number of carbonyl (C=O) groups is 2. The molecule has 0 aliphatic carbocycles. The van der Waals surface area contributed by atoms with E-state index < -0.39 is 29.9 Å². The van der Waals surface area contributed by atoms with E-state index in [1.165, 1.54) is 6.33 Å². The number of aromatic nitrogens is 4. The first-order valence-corrected chi connectivity index (χ1v) is 14.7. The lowest BCUT2D eigenvalue weighted by Gasteiger charge is -2.24. The molecule has 4 rings (SSSR count). The van der Waals surface area contributed by atoms with Gasteiger partial charge in [0.1, 0.15) is 17.8 Å². The van der Waals surface area contributed by atoms with Gasteiger partial charge in [-0.25, -0.2) is 4.98 Å². The fraction of sp³-hybridized carbons (Fsp3) is 0.355. The first-order valence-electron chi connectivity index (χ1n) is 14.7. The smallest absolute Gasteiger partial charge is 0.249 e. The highest BCUT2D eigenvalue weighted by molar-refractivity contribution is 5.90. The standard InChI is InChI=1S/C31H40N10O4/c1-18-11-22(42)12-19(2)23(18)15-25(38-28(43)24(32)9-6-10-36-31(33)34)29(44)39-26(14-21-16-35-17-37-21)30-40-27(41-45-30)13-20-7-4-3-5-8-20/h3-5,7-8,11-12,16-17,24-26,42H,6,9-10,13-15,32H2,1-2H3,(H,35,37)(H,38,43)(H,39,44)(H4,33,34,36)/t24?,25?,26-/m0/s1. The van der Waals surface area contributed by atoms with Crippen LogP contribution in [0.1, 0.15) is 58.5 Å². The van der Waals surface area contributed by atoms with Crippen LogP contribution in [0.4, 0.5) is 0 Å². The van der Waals surface area contributed by atoms with Crippen molar-refractivity contribution in [3.05, 3.63) is 94.7 Å². The number of nitrogens with zero attached hydrogens (tertiary/aromatic N) is 3. The van der Waals surface area contributed by atoms with Gasteiger partial charge in [0, 0.05) is 32.0 Å². The Morgan fingerprint density at radius 3 is 2.49 bits per heavy atom. The second-order valence-corrected chi connectivity index (χ2v) is 10.9. The second kappa shape index (κ2) is 15.5. The number of amides is 2. The molecule has 0 aliphatic rings. The summed E-state index contributed by atoms with van der Waals surface area (Å²) in [6.45, 7) is 4.05. The molecule has 4 aromatic rings. The minimum Gasteiger partial charge on any atom is -0.508 e. The largest absolute Gasteiger partial charge is 0.508 e. The number of aromatic amines is 1. The van der Waals surface area contributed by atoms with Crippen LogP contribution in [0.5, 0.6) is 5.75 Å². The molecule has 14 heteroatoms. The van der Waals surface area contributed by atoms with Crippen LogP contribution < -0.4 is 27.4 Å². The van der Waals surface area contributed by atoms with E-state index in [2.05, 4.69) is 36.1 Å². The van der Waals surface area contributed by atoms with Gasteiger partial charge in [0.25, 0.3) is 0 Å². The van der Waals surface area contributed by atoms with Crippen molar-refractivity contribution in [1.29, 1.82) is 5.41 Å². The molecule has 0 bridgehead atoms. The fourth-order valence-corrected chi connectivity index (χ4v) is 5.00. The summed E-state index contributed by atoms with van der Waals surface area (Å²) in [6, 6.07) is 10.3. The van der Waals surface area contributed by atoms with Crippen LogP contribution in [0.2, 0.25) is 0 Å². The van der Waals surface area contributed by atoms with Crippen molar-refractivity contribution in [1.82, 2.24) is 36.1 Å². The molecule has 3 atom stereocenters. The Balaban J connectivity index is 1.55. The lowest BCUT2D eigenvalue weighted by Crippen LogP contribution is -2.53. The summed E-state index contributed by atoms with van der Waals surface area (Å²) in [6.07, 6.45) is 4.90. The number of rotatable bonds is 15. The molecule has 2 aromatic heterocycles. The van der Waals surface area contributed by atoms with Gasteiger partial charge in [0.15, 0.2) is 11.8 Å². The molecule has 10 N–H and O–H groups in total. The van der Waals surface area contributed by atoms with Gasteiger partial charge < -0.3 is 42.0 Å². The number of imidazole rings is 1. The van der Waals surface area contributed by atoms with Gasteiger partial charge in [-0.3, -0.25) is 15.0 Å². The Morgan fingerprint density at radius 1 is 1.09 bits per heavy atom. The molecular weight excluding hydrogens is 576 g/mol. The van der Waals surface area contributed by atoms with E-state index in [-0.39, 0.29) is 30.4 Å². The van der Waals surface area contributed by atoms with Gasteiger partial charge in [0.2, 0.25) is 17.7 Å². The molecule has 2 amide bonds. The summed E-state index contributed by atoms with van der Waals surface area (Å²) < 4.78 is 5.61. The van der Waals surface area contributed by atoms with Crippen LogP contribution in [-0.2, 0) is 28.9 Å². The number of hydrogen-bond acceptors (Lipinski definition) is 9. The molecule has 0 aliphatic heterocycles. The van der Waals surface area contributed by atoms with Crippen LogP contribution in [0.25, 0.3) is 0 Å². The summed E-state index contributed by atoms with van der Waals surface area (Å²) in [5.41, 5.74) is 15.5.